The summed E-state index contributed by atoms with van der Waals surface area (Å²) in [6.07, 6.45) is 0. The highest BCUT2D eigenvalue weighted by molar-refractivity contribution is 7.18. The summed E-state index contributed by atoms with van der Waals surface area (Å²) >= 11 is 1.83. The Hall–Kier alpha value is -2.00. The Balaban J connectivity index is 2.15. The lowest BCUT2D eigenvalue weighted by atomic mass is 9.88. The van der Waals surface area contributed by atoms with Crippen LogP contribution in [0.4, 0.5) is 0 Å². The van der Waals surface area contributed by atoms with Gasteiger partial charge in [-0.1, -0.05) is 0 Å². The molecule has 0 saturated heterocycles. The fraction of sp³-hybridized carbons (Fsp3) is 0.533. The molecule has 0 unspecified atom stereocenters. The number of hydrogen-bond acceptors (Lipinski definition) is 1. The SMILES string of the molecule is CC(C)(C)c1cc(-c2ccc(-c3cc(C(C)(C)C)[o+]c(C(C)(C)C)c3)s2)cc(C(C)(C)C)[o+]1. The minimum atomic E-state index is -0.0553. The molecule has 0 aromatic carbocycles. The third-order valence-corrected chi connectivity index (χ3v) is 6.90. The second kappa shape index (κ2) is 8.34. The van der Waals surface area contributed by atoms with Crippen molar-refractivity contribution < 1.29 is 8.83 Å². The normalized spacial score (nSPS) is 13.5. The van der Waals surface area contributed by atoms with E-state index in [1.165, 1.54) is 20.9 Å². The molecule has 0 spiro atoms. The Morgan fingerprint density at radius 2 is 0.697 bits per heavy atom. The van der Waals surface area contributed by atoms with Crippen molar-refractivity contribution in [2.45, 2.75) is 105 Å². The average Bonchev–Trinajstić information content (AvgIpc) is 3.15. The van der Waals surface area contributed by atoms with Crippen LogP contribution in [-0.4, -0.2) is 0 Å². The Kier molecular flexibility index (Phi) is 6.48. The van der Waals surface area contributed by atoms with Gasteiger partial charge in [-0.15, -0.1) is 11.3 Å². The van der Waals surface area contributed by atoms with Crippen LogP contribution in [0.15, 0.2) is 45.2 Å². The van der Waals surface area contributed by atoms with Gasteiger partial charge in [0, 0.05) is 45.1 Å². The van der Waals surface area contributed by atoms with Crippen LogP contribution in [0.1, 0.15) is 106 Å². The molecule has 0 saturated carbocycles. The second-order valence-corrected chi connectivity index (χ2v) is 14.4. The minimum absolute atomic E-state index is 0.0553. The van der Waals surface area contributed by atoms with Gasteiger partial charge in [-0.05, 0) is 95.2 Å². The van der Waals surface area contributed by atoms with Crippen molar-refractivity contribution in [1.82, 2.24) is 0 Å². The number of rotatable bonds is 2. The van der Waals surface area contributed by atoms with E-state index in [4.69, 9.17) is 8.83 Å². The highest BCUT2D eigenvalue weighted by atomic mass is 32.1. The molecule has 33 heavy (non-hydrogen) atoms. The number of thiophene rings is 1. The quantitative estimate of drug-likeness (QED) is 0.351. The topological polar surface area (TPSA) is 22.6 Å². The zero-order valence-corrected chi connectivity index (χ0v) is 23.5. The van der Waals surface area contributed by atoms with E-state index < -0.39 is 0 Å². The smallest absolute Gasteiger partial charge is 0.217 e. The van der Waals surface area contributed by atoms with Crippen LogP contribution < -0.4 is 0 Å². The maximum Gasteiger partial charge on any atom is 0.335 e. The molecule has 0 bridgehead atoms. The van der Waals surface area contributed by atoms with Gasteiger partial charge in [0.15, 0.2) is 0 Å². The summed E-state index contributed by atoms with van der Waals surface area (Å²) in [6.45, 7) is 26.5. The summed E-state index contributed by atoms with van der Waals surface area (Å²) in [7, 11) is 0. The molecule has 0 N–H and O–H groups in total. The van der Waals surface area contributed by atoms with Crippen molar-refractivity contribution in [1.29, 1.82) is 0 Å². The van der Waals surface area contributed by atoms with E-state index in [2.05, 4.69) is 119 Å². The first-order valence-corrected chi connectivity index (χ1v) is 12.8. The zero-order valence-electron chi connectivity index (χ0n) is 22.7. The largest absolute Gasteiger partial charge is 0.335 e. The van der Waals surface area contributed by atoms with Gasteiger partial charge in [0.05, 0.1) is 21.7 Å². The summed E-state index contributed by atoms with van der Waals surface area (Å²) in [4.78, 5) is 2.51. The molecule has 178 valence electrons. The molecule has 0 radical (unpaired) electrons. The standard InChI is InChI=1S/C30H42O2S/c1-27(2,3)23-15-19(16-24(31-23)28(4,5)6)21-13-14-22(33-21)20-17-25(29(7,8)9)32-26(18-20)30(10,11)12/h13-18H,1-12H3/q+2. The van der Waals surface area contributed by atoms with Gasteiger partial charge in [0.2, 0.25) is 0 Å². The second-order valence-electron chi connectivity index (χ2n) is 13.3. The Morgan fingerprint density at radius 1 is 0.455 bits per heavy atom. The molecule has 0 aliphatic heterocycles. The van der Waals surface area contributed by atoms with Crippen molar-refractivity contribution >= 4 is 11.3 Å². The first-order chi connectivity index (χ1) is 14.9. The molecule has 0 aliphatic rings. The molecule has 0 fully saturated rings. The molecule has 0 amide bonds. The van der Waals surface area contributed by atoms with Gasteiger partial charge >= 0.3 is 23.0 Å². The van der Waals surface area contributed by atoms with Crippen LogP contribution >= 0.6 is 11.3 Å². The van der Waals surface area contributed by atoms with Gasteiger partial charge < -0.3 is 0 Å². The number of hydrogen-bond donors (Lipinski definition) is 0. The monoisotopic (exact) mass is 466 g/mol. The third-order valence-electron chi connectivity index (χ3n) is 5.72. The molecule has 0 atom stereocenters. The van der Waals surface area contributed by atoms with Crippen molar-refractivity contribution in [3.63, 3.8) is 0 Å². The summed E-state index contributed by atoms with van der Waals surface area (Å²) in [5.74, 6) is 4.07. The molecular formula is C30H42O2S+2. The van der Waals surface area contributed by atoms with Crippen molar-refractivity contribution in [2.75, 3.05) is 0 Å². The first-order valence-electron chi connectivity index (χ1n) is 11.9. The third kappa shape index (κ3) is 5.93. The van der Waals surface area contributed by atoms with Crippen molar-refractivity contribution in [3.05, 3.63) is 59.4 Å². The van der Waals surface area contributed by atoms with Crippen LogP contribution in [0.5, 0.6) is 0 Å². The van der Waals surface area contributed by atoms with E-state index in [1.54, 1.807) is 0 Å². The Morgan fingerprint density at radius 3 is 0.909 bits per heavy atom. The van der Waals surface area contributed by atoms with Crippen LogP contribution in [0.3, 0.4) is 0 Å². The van der Waals surface area contributed by atoms with E-state index in [0.717, 1.165) is 23.0 Å². The van der Waals surface area contributed by atoms with Crippen LogP contribution in [0.25, 0.3) is 20.9 Å². The van der Waals surface area contributed by atoms with Gasteiger partial charge in [-0.2, -0.15) is 0 Å². The summed E-state index contributed by atoms with van der Waals surface area (Å²) in [5.41, 5.74) is 2.22. The maximum absolute atomic E-state index is 6.36. The molecule has 3 aromatic heterocycles. The van der Waals surface area contributed by atoms with E-state index in [-0.39, 0.29) is 21.7 Å². The van der Waals surface area contributed by atoms with Crippen molar-refractivity contribution in [3.8, 4) is 20.9 Å². The highest BCUT2D eigenvalue weighted by Crippen LogP contribution is 2.41. The van der Waals surface area contributed by atoms with Crippen LogP contribution in [-0.2, 0) is 21.7 Å². The van der Waals surface area contributed by atoms with Gasteiger partial charge in [0.25, 0.3) is 0 Å². The summed E-state index contributed by atoms with van der Waals surface area (Å²) in [6, 6.07) is 13.3. The molecular weight excluding hydrogens is 424 g/mol. The van der Waals surface area contributed by atoms with E-state index in [9.17, 15) is 0 Å². The lowest BCUT2D eigenvalue weighted by Gasteiger charge is -2.15. The minimum Gasteiger partial charge on any atom is -0.217 e. The van der Waals surface area contributed by atoms with E-state index in [0.29, 0.717) is 0 Å². The van der Waals surface area contributed by atoms with Gasteiger partial charge in [0.1, 0.15) is 0 Å². The first kappa shape index (κ1) is 25.6. The predicted octanol–water partition coefficient (Wildman–Crippen LogP) is 10.0. The zero-order chi connectivity index (χ0) is 25.0. The lowest BCUT2D eigenvalue weighted by molar-refractivity contribution is 0.329. The summed E-state index contributed by atoms with van der Waals surface area (Å²) < 4.78 is 12.7. The molecule has 2 nitrogen and oxygen atoms in total. The molecule has 0 aliphatic carbocycles. The van der Waals surface area contributed by atoms with Crippen LogP contribution in [0, 0.1) is 0 Å². The molecule has 3 heteroatoms. The van der Waals surface area contributed by atoms with E-state index >= 15 is 0 Å². The lowest BCUT2D eigenvalue weighted by Crippen LogP contribution is -2.16. The Bertz CT molecular complexity index is 985. The predicted molar refractivity (Wildman–Crippen MR) is 143 cm³/mol. The fourth-order valence-electron chi connectivity index (χ4n) is 3.41. The molecule has 3 rings (SSSR count). The van der Waals surface area contributed by atoms with Crippen LogP contribution in [0.2, 0.25) is 0 Å². The van der Waals surface area contributed by atoms with Gasteiger partial charge in [-0.3, -0.25) is 0 Å². The molecule has 3 aromatic rings. The highest BCUT2D eigenvalue weighted by Gasteiger charge is 2.36. The Labute approximate surface area is 205 Å². The maximum atomic E-state index is 6.36. The molecule has 3 heterocycles. The van der Waals surface area contributed by atoms with Gasteiger partial charge in [-0.25, -0.2) is 8.83 Å². The summed E-state index contributed by atoms with van der Waals surface area (Å²) in [5, 5.41) is 0. The average molecular weight is 467 g/mol. The van der Waals surface area contributed by atoms with E-state index in [1.807, 2.05) is 11.3 Å². The fourth-order valence-corrected chi connectivity index (χ4v) is 4.39. The van der Waals surface area contributed by atoms with Crippen molar-refractivity contribution in [2.24, 2.45) is 0 Å².